The molecule has 0 atom stereocenters. The van der Waals surface area contributed by atoms with Gasteiger partial charge in [0.05, 0.1) is 0 Å². The highest BCUT2D eigenvalue weighted by atomic mass is 16.6. The molecule has 0 fully saturated rings. The predicted octanol–water partition coefficient (Wildman–Crippen LogP) is 3.17. The summed E-state index contributed by atoms with van der Waals surface area (Å²) in [5.41, 5.74) is 1.92. The van der Waals surface area contributed by atoms with Crippen molar-refractivity contribution in [3.8, 4) is 0 Å². The third-order valence-corrected chi connectivity index (χ3v) is 3.62. The number of allylic oxidation sites excluding steroid dienone is 1. The average molecular weight is 310 g/mol. The van der Waals surface area contributed by atoms with Gasteiger partial charge < -0.3 is 15.1 Å². The van der Waals surface area contributed by atoms with Crippen LogP contribution in [0.1, 0.15) is 18.3 Å². The minimum absolute atomic E-state index is 0.205. The van der Waals surface area contributed by atoms with Crippen LogP contribution in [0.4, 0.5) is 5.82 Å². The number of benzene rings is 1. The van der Waals surface area contributed by atoms with E-state index in [4.69, 9.17) is 0 Å². The number of hydrogen-bond acceptors (Lipinski definition) is 4. The molecule has 2 heterocycles. The van der Waals surface area contributed by atoms with E-state index in [9.17, 15) is 14.9 Å². The van der Waals surface area contributed by atoms with E-state index in [0.29, 0.717) is 5.82 Å². The molecule has 7 nitrogen and oxygen atoms in total. The Kier molecular flexibility index (Phi) is 3.53. The summed E-state index contributed by atoms with van der Waals surface area (Å²) in [7, 11) is 0. The SMILES string of the molecule is CC(=O)/C(=C\c1c[nH]c2ccccc12)n1c([N+](=O)[O-])cnc1C. The lowest BCUT2D eigenvalue weighted by Crippen LogP contribution is -2.10. The van der Waals surface area contributed by atoms with Crippen LogP contribution in [0.3, 0.4) is 0 Å². The zero-order valence-electron chi connectivity index (χ0n) is 12.6. The van der Waals surface area contributed by atoms with Crippen molar-refractivity contribution in [2.45, 2.75) is 13.8 Å². The number of para-hydroxylation sites is 1. The Morgan fingerprint density at radius 3 is 2.83 bits per heavy atom. The number of Topliss-reactive ketones (excluding diaryl/α,β-unsaturated/α-hetero) is 1. The number of carbonyl (C=O) groups is 1. The molecule has 1 aromatic carbocycles. The van der Waals surface area contributed by atoms with Gasteiger partial charge in [-0.1, -0.05) is 18.2 Å². The van der Waals surface area contributed by atoms with Crippen molar-refractivity contribution >= 4 is 34.3 Å². The van der Waals surface area contributed by atoms with Gasteiger partial charge in [0.15, 0.2) is 17.3 Å². The largest absolute Gasteiger partial charge is 0.361 e. The van der Waals surface area contributed by atoms with E-state index in [2.05, 4.69) is 9.97 Å². The molecule has 0 saturated carbocycles. The van der Waals surface area contributed by atoms with E-state index in [1.807, 2.05) is 24.3 Å². The lowest BCUT2D eigenvalue weighted by molar-refractivity contribution is -0.390. The molecule has 0 saturated heterocycles. The maximum atomic E-state index is 12.1. The first kappa shape index (κ1) is 14.7. The van der Waals surface area contributed by atoms with Crippen molar-refractivity contribution in [1.29, 1.82) is 0 Å². The second-order valence-electron chi connectivity index (χ2n) is 5.13. The molecule has 0 aliphatic rings. The highest BCUT2D eigenvalue weighted by Crippen LogP contribution is 2.26. The fourth-order valence-corrected chi connectivity index (χ4v) is 2.54. The zero-order chi connectivity index (χ0) is 16.6. The monoisotopic (exact) mass is 310 g/mol. The maximum Gasteiger partial charge on any atom is 0.348 e. The molecule has 0 aliphatic carbocycles. The van der Waals surface area contributed by atoms with E-state index in [1.54, 1.807) is 19.2 Å². The first-order chi connectivity index (χ1) is 11.0. The molecule has 23 heavy (non-hydrogen) atoms. The number of nitro groups is 1. The summed E-state index contributed by atoms with van der Waals surface area (Å²) in [5.74, 6) is -0.124. The number of nitrogens with zero attached hydrogens (tertiary/aromatic N) is 3. The Morgan fingerprint density at radius 2 is 2.13 bits per heavy atom. The first-order valence-corrected chi connectivity index (χ1v) is 6.97. The maximum absolute atomic E-state index is 12.1. The van der Waals surface area contributed by atoms with Gasteiger partial charge >= 0.3 is 5.82 Å². The molecule has 3 aromatic rings. The molecule has 7 heteroatoms. The summed E-state index contributed by atoms with van der Waals surface area (Å²) in [6, 6.07) is 7.64. The molecule has 116 valence electrons. The van der Waals surface area contributed by atoms with Crippen LogP contribution >= 0.6 is 0 Å². The zero-order valence-corrected chi connectivity index (χ0v) is 12.6. The number of rotatable bonds is 4. The number of ketones is 1. The van der Waals surface area contributed by atoms with Gasteiger partial charge in [0.25, 0.3) is 0 Å². The number of H-pyrrole nitrogens is 1. The van der Waals surface area contributed by atoms with E-state index >= 15 is 0 Å². The topological polar surface area (TPSA) is 93.8 Å². The van der Waals surface area contributed by atoms with Crippen LogP contribution in [0.5, 0.6) is 0 Å². The van der Waals surface area contributed by atoms with Gasteiger partial charge in [-0.15, -0.1) is 0 Å². The number of aromatic amines is 1. The predicted molar refractivity (Wildman–Crippen MR) is 86.8 cm³/mol. The normalized spacial score (nSPS) is 11.8. The van der Waals surface area contributed by atoms with Crippen molar-refractivity contribution in [1.82, 2.24) is 14.5 Å². The Labute approximate surface area is 131 Å². The van der Waals surface area contributed by atoms with Crippen LogP contribution in [0.15, 0.2) is 36.7 Å². The highest BCUT2D eigenvalue weighted by molar-refractivity contribution is 6.20. The number of nitrogens with one attached hydrogen (secondary N) is 1. The summed E-state index contributed by atoms with van der Waals surface area (Å²) < 4.78 is 1.27. The number of carbonyl (C=O) groups excluding carboxylic acids is 1. The van der Waals surface area contributed by atoms with Crippen molar-refractivity contribution in [3.05, 3.63) is 58.2 Å². The van der Waals surface area contributed by atoms with Crippen LogP contribution in [0, 0.1) is 17.0 Å². The Bertz CT molecular complexity index is 949. The Balaban J connectivity index is 2.23. The first-order valence-electron chi connectivity index (χ1n) is 6.97. The van der Waals surface area contributed by atoms with Gasteiger partial charge in [0.2, 0.25) is 0 Å². The number of hydrogen-bond donors (Lipinski definition) is 1. The number of fused-ring (bicyclic) bond motifs is 1. The molecule has 0 aliphatic heterocycles. The van der Waals surface area contributed by atoms with Gasteiger partial charge in [0.1, 0.15) is 6.20 Å². The smallest absolute Gasteiger partial charge is 0.348 e. The average Bonchev–Trinajstić information content (AvgIpc) is 3.08. The summed E-state index contributed by atoms with van der Waals surface area (Å²) in [5, 5.41) is 12.1. The summed E-state index contributed by atoms with van der Waals surface area (Å²) >= 11 is 0. The third kappa shape index (κ3) is 2.52. The van der Waals surface area contributed by atoms with Crippen molar-refractivity contribution in [3.63, 3.8) is 0 Å². The van der Waals surface area contributed by atoms with E-state index < -0.39 is 4.92 Å². The quantitative estimate of drug-likeness (QED) is 0.455. The van der Waals surface area contributed by atoms with E-state index in [-0.39, 0.29) is 17.3 Å². The van der Waals surface area contributed by atoms with Crippen LogP contribution in [-0.2, 0) is 4.79 Å². The molecule has 0 radical (unpaired) electrons. The standard InChI is InChI=1S/C16H14N4O3/c1-10(21)15(19-11(2)17-9-16(19)20(22)23)7-12-8-18-14-6-4-3-5-13(12)14/h3-9,18H,1-2H3/b15-7+. The van der Waals surface area contributed by atoms with Crippen molar-refractivity contribution in [2.75, 3.05) is 0 Å². The Hall–Kier alpha value is -3.22. The lowest BCUT2D eigenvalue weighted by Gasteiger charge is -2.04. The van der Waals surface area contributed by atoms with Crippen LogP contribution in [0.25, 0.3) is 22.7 Å². The lowest BCUT2D eigenvalue weighted by atomic mass is 10.1. The molecule has 2 aromatic heterocycles. The fraction of sp³-hybridized carbons (Fsp3) is 0.125. The highest BCUT2D eigenvalue weighted by Gasteiger charge is 2.24. The van der Waals surface area contributed by atoms with Gasteiger partial charge in [-0.05, 0) is 17.1 Å². The van der Waals surface area contributed by atoms with E-state index in [0.717, 1.165) is 22.7 Å². The van der Waals surface area contributed by atoms with Crippen LogP contribution in [0.2, 0.25) is 0 Å². The third-order valence-electron chi connectivity index (χ3n) is 3.62. The van der Waals surface area contributed by atoms with Gasteiger partial charge in [-0.25, -0.2) is 4.98 Å². The summed E-state index contributed by atoms with van der Waals surface area (Å²) in [6.07, 6.45) is 4.57. The summed E-state index contributed by atoms with van der Waals surface area (Å²) in [6.45, 7) is 3.00. The van der Waals surface area contributed by atoms with Gasteiger partial charge in [-0.3, -0.25) is 4.79 Å². The molecule has 0 bridgehead atoms. The number of aromatic nitrogens is 3. The Morgan fingerprint density at radius 1 is 1.39 bits per heavy atom. The van der Waals surface area contributed by atoms with Crippen molar-refractivity contribution in [2.24, 2.45) is 0 Å². The van der Waals surface area contributed by atoms with Gasteiger partial charge in [-0.2, -0.15) is 4.57 Å². The van der Waals surface area contributed by atoms with Crippen LogP contribution < -0.4 is 0 Å². The van der Waals surface area contributed by atoms with Crippen molar-refractivity contribution < 1.29 is 9.72 Å². The molecule has 0 spiro atoms. The second kappa shape index (κ2) is 5.53. The molecule has 0 unspecified atom stereocenters. The molecule has 0 amide bonds. The molecule has 1 N–H and O–H groups in total. The molecule has 3 rings (SSSR count). The minimum atomic E-state index is -0.550. The molecular formula is C16H14N4O3. The molecular weight excluding hydrogens is 296 g/mol. The van der Waals surface area contributed by atoms with Gasteiger partial charge in [0, 0.05) is 36.5 Å². The number of imidazole rings is 1. The minimum Gasteiger partial charge on any atom is -0.361 e. The second-order valence-corrected chi connectivity index (χ2v) is 5.13. The summed E-state index contributed by atoms with van der Waals surface area (Å²) in [4.78, 5) is 29.8. The fourth-order valence-electron chi connectivity index (χ4n) is 2.54. The number of aryl methyl sites for hydroxylation is 1. The van der Waals surface area contributed by atoms with Crippen LogP contribution in [-0.4, -0.2) is 25.2 Å². The van der Waals surface area contributed by atoms with E-state index in [1.165, 1.54) is 11.5 Å².